The first-order valence-corrected chi connectivity index (χ1v) is 9.43. The maximum absolute atomic E-state index is 12.8. The number of ketones is 1. The van der Waals surface area contributed by atoms with Gasteiger partial charge in [-0.2, -0.15) is 0 Å². The first-order valence-electron chi connectivity index (χ1n) is 8.64. The number of benzene rings is 2. The van der Waals surface area contributed by atoms with Crippen LogP contribution < -0.4 is 0 Å². The third-order valence-electron chi connectivity index (χ3n) is 4.56. The Labute approximate surface area is 167 Å². The van der Waals surface area contributed by atoms with Crippen LogP contribution in [0.4, 0.5) is 0 Å². The molecule has 0 bridgehead atoms. The number of amides is 1. The fourth-order valence-electron chi connectivity index (χ4n) is 3.16. The van der Waals surface area contributed by atoms with Gasteiger partial charge in [-0.25, -0.2) is 0 Å². The van der Waals surface area contributed by atoms with E-state index in [0.29, 0.717) is 18.7 Å². The van der Waals surface area contributed by atoms with Crippen LogP contribution in [0.5, 0.6) is 0 Å². The molecule has 1 saturated heterocycles. The molecule has 1 aliphatic heterocycles. The fourth-order valence-corrected chi connectivity index (χ4v) is 3.43. The Balaban J connectivity index is 2.13. The van der Waals surface area contributed by atoms with Gasteiger partial charge >= 0.3 is 0 Å². The highest BCUT2D eigenvalue weighted by molar-refractivity contribution is 9.10. The van der Waals surface area contributed by atoms with Crippen LogP contribution in [0.2, 0.25) is 0 Å². The molecular weight excluding hydrogens is 408 g/mol. The number of halogens is 1. The Morgan fingerprint density at radius 1 is 1.07 bits per heavy atom. The lowest BCUT2D eigenvalue weighted by molar-refractivity contribution is -0.140. The standard InChI is InChI=1S/C21H21BrN2O3/c1-23(2)12-13-24-18(14-8-10-16(22)11-9-14)17(20(26)21(24)27)19(25)15-6-4-3-5-7-15/h3-11,18,25H,12-13H2,1-2H3. The van der Waals surface area contributed by atoms with Gasteiger partial charge in [-0.05, 0) is 31.8 Å². The Morgan fingerprint density at radius 2 is 1.70 bits per heavy atom. The lowest BCUT2D eigenvalue weighted by Crippen LogP contribution is -2.35. The summed E-state index contributed by atoms with van der Waals surface area (Å²) in [6, 6.07) is 15.7. The second-order valence-corrected chi connectivity index (χ2v) is 7.63. The molecule has 5 nitrogen and oxygen atoms in total. The average molecular weight is 429 g/mol. The SMILES string of the molecule is CN(C)CCN1C(=O)C(=O)C(=C(O)c2ccccc2)C1c1ccc(Br)cc1. The Hall–Kier alpha value is -2.44. The molecule has 1 aliphatic rings. The molecular formula is C21H21BrN2O3. The summed E-state index contributed by atoms with van der Waals surface area (Å²) in [7, 11) is 3.82. The molecule has 1 N–H and O–H groups in total. The van der Waals surface area contributed by atoms with E-state index in [1.165, 1.54) is 0 Å². The van der Waals surface area contributed by atoms with E-state index in [2.05, 4.69) is 15.9 Å². The minimum absolute atomic E-state index is 0.132. The number of hydrogen-bond acceptors (Lipinski definition) is 4. The molecule has 27 heavy (non-hydrogen) atoms. The monoisotopic (exact) mass is 428 g/mol. The Kier molecular flexibility index (Phi) is 5.77. The third-order valence-corrected chi connectivity index (χ3v) is 5.09. The van der Waals surface area contributed by atoms with Crippen molar-refractivity contribution in [3.05, 3.63) is 75.8 Å². The van der Waals surface area contributed by atoms with Gasteiger partial charge in [-0.1, -0.05) is 58.4 Å². The second-order valence-electron chi connectivity index (χ2n) is 6.71. The van der Waals surface area contributed by atoms with E-state index < -0.39 is 17.7 Å². The number of carbonyl (C=O) groups excluding carboxylic acids is 2. The summed E-state index contributed by atoms with van der Waals surface area (Å²) in [5, 5.41) is 10.9. The highest BCUT2D eigenvalue weighted by Crippen LogP contribution is 2.39. The molecule has 2 aromatic carbocycles. The van der Waals surface area contributed by atoms with Crippen molar-refractivity contribution in [2.24, 2.45) is 0 Å². The van der Waals surface area contributed by atoms with Crippen molar-refractivity contribution < 1.29 is 14.7 Å². The van der Waals surface area contributed by atoms with Crippen LogP contribution in [-0.2, 0) is 9.59 Å². The van der Waals surface area contributed by atoms with E-state index >= 15 is 0 Å². The number of aliphatic hydroxyl groups is 1. The summed E-state index contributed by atoms with van der Waals surface area (Å²) >= 11 is 3.41. The zero-order valence-electron chi connectivity index (χ0n) is 15.2. The van der Waals surface area contributed by atoms with Crippen molar-refractivity contribution in [1.82, 2.24) is 9.80 Å². The number of carbonyl (C=O) groups is 2. The molecule has 0 aliphatic carbocycles. The zero-order valence-corrected chi connectivity index (χ0v) is 16.8. The third kappa shape index (κ3) is 3.96. The second kappa shape index (κ2) is 8.06. The maximum Gasteiger partial charge on any atom is 0.295 e. The molecule has 2 aromatic rings. The van der Waals surface area contributed by atoms with Crippen LogP contribution in [0.15, 0.2) is 64.6 Å². The molecule has 1 unspecified atom stereocenters. The number of hydrogen-bond donors (Lipinski definition) is 1. The summed E-state index contributed by atoms with van der Waals surface area (Å²) in [6.45, 7) is 1.01. The van der Waals surface area contributed by atoms with E-state index in [1.54, 1.807) is 29.2 Å². The van der Waals surface area contributed by atoms with Gasteiger partial charge in [0.15, 0.2) is 0 Å². The van der Waals surface area contributed by atoms with Crippen LogP contribution in [0.1, 0.15) is 17.2 Å². The van der Waals surface area contributed by atoms with E-state index in [9.17, 15) is 14.7 Å². The van der Waals surface area contributed by atoms with E-state index in [-0.39, 0.29) is 11.3 Å². The van der Waals surface area contributed by atoms with Crippen molar-refractivity contribution in [2.45, 2.75) is 6.04 Å². The number of likely N-dealkylation sites (tertiary alicyclic amines) is 1. The first kappa shape index (κ1) is 19.3. The van der Waals surface area contributed by atoms with Gasteiger partial charge in [-0.3, -0.25) is 9.59 Å². The highest BCUT2D eigenvalue weighted by Gasteiger charge is 2.45. The maximum atomic E-state index is 12.8. The van der Waals surface area contributed by atoms with E-state index in [1.807, 2.05) is 49.3 Å². The molecule has 1 heterocycles. The number of aliphatic hydroxyl groups excluding tert-OH is 1. The predicted octanol–water partition coefficient (Wildman–Crippen LogP) is 3.43. The van der Waals surface area contributed by atoms with Crippen LogP contribution in [-0.4, -0.2) is 53.8 Å². The zero-order chi connectivity index (χ0) is 19.6. The minimum atomic E-state index is -0.650. The van der Waals surface area contributed by atoms with Crippen molar-refractivity contribution in [2.75, 3.05) is 27.2 Å². The van der Waals surface area contributed by atoms with E-state index in [0.717, 1.165) is 10.0 Å². The number of rotatable bonds is 5. The predicted molar refractivity (Wildman–Crippen MR) is 108 cm³/mol. The van der Waals surface area contributed by atoms with Gasteiger partial charge in [0.1, 0.15) is 5.76 Å². The molecule has 140 valence electrons. The normalized spacial score (nSPS) is 19.1. The van der Waals surface area contributed by atoms with Gasteiger partial charge in [0, 0.05) is 23.1 Å². The van der Waals surface area contributed by atoms with Crippen LogP contribution in [0, 0.1) is 0 Å². The Morgan fingerprint density at radius 3 is 2.30 bits per heavy atom. The number of Topliss-reactive ketones (excluding diaryl/α,β-unsaturated/α-hetero) is 1. The van der Waals surface area contributed by atoms with Crippen molar-refractivity contribution in [1.29, 1.82) is 0 Å². The first-order chi connectivity index (χ1) is 12.9. The van der Waals surface area contributed by atoms with Crippen molar-refractivity contribution in [3.8, 4) is 0 Å². The molecule has 1 fully saturated rings. The number of nitrogens with zero attached hydrogens (tertiary/aromatic N) is 2. The quantitative estimate of drug-likeness (QED) is 0.450. The molecule has 3 rings (SSSR count). The topological polar surface area (TPSA) is 60.9 Å². The van der Waals surface area contributed by atoms with E-state index in [4.69, 9.17) is 0 Å². The van der Waals surface area contributed by atoms with Crippen LogP contribution in [0.3, 0.4) is 0 Å². The van der Waals surface area contributed by atoms with Gasteiger partial charge in [-0.15, -0.1) is 0 Å². The largest absolute Gasteiger partial charge is 0.507 e. The van der Waals surface area contributed by atoms with Crippen molar-refractivity contribution >= 4 is 33.4 Å². The fraction of sp³-hybridized carbons (Fsp3) is 0.238. The summed E-state index contributed by atoms with van der Waals surface area (Å²) in [5.41, 5.74) is 1.44. The van der Waals surface area contributed by atoms with Crippen LogP contribution >= 0.6 is 15.9 Å². The molecule has 1 atom stereocenters. The Bertz CT molecular complexity index is 876. The van der Waals surface area contributed by atoms with Gasteiger partial charge in [0.2, 0.25) is 0 Å². The molecule has 1 amide bonds. The molecule has 0 saturated carbocycles. The van der Waals surface area contributed by atoms with Gasteiger partial charge in [0.25, 0.3) is 11.7 Å². The smallest absolute Gasteiger partial charge is 0.295 e. The summed E-state index contributed by atoms with van der Waals surface area (Å²) in [4.78, 5) is 29.0. The summed E-state index contributed by atoms with van der Waals surface area (Å²) < 4.78 is 0.902. The lowest BCUT2D eigenvalue weighted by Gasteiger charge is -2.26. The van der Waals surface area contributed by atoms with Gasteiger partial charge in [0.05, 0.1) is 11.6 Å². The molecule has 0 radical (unpaired) electrons. The number of likely N-dealkylation sites (N-methyl/N-ethyl adjacent to an activating group) is 1. The highest BCUT2D eigenvalue weighted by atomic mass is 79.9. The summed E-state index contributed by atoms with van der Waals surface area (Å²) in [5.74, 6) is -1.38. The lowest BCUT2D eigenvalue weighted by atomic mass is 9.95. The molecule has 6 heteroatoms. The summed E-state index contributed by atoms with van der Waals surface area (Å²) in [6.07, 6.45) is 0. The molecule has 0 aromatic heterocycles. The molecule has 0 spiro atoms. The average Bonchev–Trinajstić information content (AvgIpc) is 2.91. The van der Waals surface area contributed by atoms with Gasteiger partial charge < -0.3 is 14.9 Å². The van der Waals surface area contributed by atoms with Crippen molar-refractivity contribution in [3.63, 3.8) is 0 Å². The minimum Gasteiger partial charge on any atom is -0.507 e. The van der Waals surface area contributed by atoms with Crippen LogP contribution in [0.25, 0.3) is 5.76 Å².